The van der Waals surface area contributed by atoms with Crippen molar-refractivity contribution >= 4 is 5.91 Å². The highest BCUT2D eigenvalue weighted by atomic mass is 19.1. The molecule has 0 radical (unpaired) electrons. The zero-order chi connectivity index (χ0) is 23.0. The van der Waals surface area contributed by atoms with Gasteiger partial charge in [-0.1, -0.05) is 24.3 Å². The Labute approximate surface area is 193 Å². The van der Waals surface area contributed by atoms with Gasteiger partial charge in [-0.2, -0.15) is 0 Å². The third-order valence-electron chi connectivity index (χ3n) is 5.86. The summed E-state index contributed by atoms with van der Waals surface area (Å²) in [7, 11) is 1.46. The molecule has 0 unspecified atom stereocenters. The number of nitrogens with one attached hydrogen (secondary N) is 1. The minimum Gasteiger partial charge on any atom is -0.494 e. The van der Waals surface area contributed by atoms with E-state index in [1.807, 2.05) is 36.4 Å². The molecule has 0 bridgehead atoms. The van der Waals surface area contributed by atoms with Crippen molar-refractivity contribution < 1.29 is 18.3 Å². The Balaban J connectivity index is 1.15. The number of halogens is 1. The number of aromatic nitrogens is 2. The number of amides is 1. The lowest BCUT2D eigenvalue weighted by atomic mass is 10.0. The summed E-state index contributed by atoms with van der Waals surface area (Å²) in [6, 6.07) is 14.9. The van der Waals surface area contributed by atoms with Gasteiger partial charge in [-0.05, 0) is 49.1 Å². The Morgan fingerprint density at radius 2 is 1.97 bits per heavy atom. The molecule has 2 aromatic carbocycles. The summed E-state index contributed by atoms with van der Waals surface area (Å²) < 4.78 is 24.6. The van der Waals surface area contributed by atoms with Crippen LogP contribution in [0.2, 0.25) is 0 Å². The molecule has 3 aromatic rings. The number of ether oxygens (including phenoxy) is 1. The van der Waals surface area contributed by atoms with Crippen molar-refractivity contribution in [2.45, 2.75) is 44.7 Å². The van der Waals surface area contributed by atoms with E-state index < -0.39 is 0 Å². The molecule has 1 amide bonds. The molecule has 1 N–H and O–H groups in total. The molecule has 174 valence electrons. The molecule has 7 nitrogen and oxygen atoms in total. The van der Waals surface area contributed by atoms with Gasteiger partial charge in [0.2, 0.25) is 17.7 Å². The van der Waals surface area contributed by atoms with Gasteiger partial charge in [-0.25, -0.2) is 4.39 Å². The summed E-state index contributed by atoms with van der Waals surface area (Å²) in [5.74, 6) is 1.02. The zero-order valence-corrected chi connectivity index (χ0v) is 18.8. The Morgan fingerprint density at radius 3 is 2.70 bits per heavy atom. The monoisotopic (exact) mass is 452 g/mol. The number of hydrogen-bond donors (Lipinski definition) is 1. The number of hydrogen-bond acceptors (Lipinski definition) is 6. The van der Waals surface area contributed by atoms with Crippen LogP contribution in [0, 0.1) is 5.82 Å². The van der Waals surface area contributed by atoms with E-state index in [9.17, 15) is 9.18 Å². The molecule has 0 spiro atoms. The normalized spacial score (nSPS) is 14.8. The van der Waals surface area contributed by atoms with E-state index in [0.29, 0.717) is 37.6 Å². The smallest absolute Gasteiger partial charge is 0.247 e. The van der Waals surface area contributed by atoms with E-state index >= 15 is 0 Å². The summed E-state index contributed by atoms with van der Waals surface area (Å²) in [6.45, 7) is 2.42. The molecule has 1 fully saturated rings. The summed E-state index contributed by atoms with van der Waals surface area (Å²) in [6.07, 6.45) is 3.42. The fourth-order valence-corrected chi connectivity index (χ4v) is 4.05. The summed E-state index contributed by atoms with van der Waals surface area (Å²) in [5, 5.41) is 11.3. The van der Waals surface area contributed by atoms with E-state index in [0.717, 1.165) is 37.1 Å². The third-order valence-corrected chi connectivity index (χ3v) is 5.86. The quantitative estimate of drug-likeness (QED) is 0.529. The zero-order valence-electron chi connectivity index (χ0n) is 18.8. The summed E-state index contributed by atoms with van der Waals surface area (Å²) >= 11 is 0. The fraction of sp³-hybridized carbons (Fsp3) is 0.400. The maximum atomic E-state index is 13.9. The van der Waals surface area contributed by atoms with Crippen molar-refractivity contribution in [2.24, 2.45) is 0 Å². The highest BCUT2D eigenvalue weighted by Crippen LogP contribution is 2.21. The van der Waals surface area contributed by atoms with Gasteiger partial charge in [0.15, 0.2) is 11.6 Å². The molecule has 2 heterocycles. The highest BCUT2D eigenvalue weighted by molar-refractivity contribution is 5.76. The van der Waals surface area contributed by atoms with Crippen molar-refractivity contribution in [1.82, 2.24) is 20.4 Å². The molecule has 0 atom stereocenters. The second kappa shape index (κ2) is 11.0. The average Bonchev–Trinajstić information content (AvgIpc) is 3.30. The molecule has 8 heteroatoms. The summed E-state index contributed by atoms with van der Waals surface area (Å²) in [4.78, 5) is 14.6. The SMILES string of the molecule is COc1ccc(CN2CCC(NC(=O)CCCc3nnc(-c4ccccc4)o3)CC2)cc1F. The number of nitrogens with zero attached hydrogens (tertiary/aromatic N) is 3. The lowest BCUT2D eigenvalue weighted by Crippen LogP contribution is -2.44. The molecule has 1 aliphatic rings. The van der Waals surface area contributed by atoms with E-state index in [2.05, 4.69) is 20.4 Å². The topological polar surface area (TPSA) is 80.5 Å². The predicted molar refractivity (Wildman–Crippen MR) is 122 cm³/mol. The van der Waals surface area contributed by atoms with Gasteiger partial charge in [0.25, 0.3) is 0 Å². The largest absolute Gasteiger partial charge is 0.494 e. The first kappa shape index (κ1) is 22.9. The second-order valence-corrected chi connectivity index (χ2v) is 8.31. The lowest BCUT2D eigenvalue weighted by Gasteiger charge is -2.32. The molecule has 1 aromatic heterocycles. The average molecular weight is 453 g/mol. The molecule has 1 saturated heterocycles. The lowest BCUT2D eigenvalue weighted by molar-refractivity contribution is -0.122. The van der Waals surface area contributed by atoms with Crippen molar-refractivity contribution in [3.8, 4) is 17.2 Å². The van der Waals surface area contributed by atoms with Crippen molar-refractivity contribution in [2.75, 3.05) is 20.2 Å². The summed E-state index contributed by atoms with van der Waals surface area (Å²) in [5.41, 5.74) is 1.81. The molecular weight excluding hydrogens is 423 g/mol. The second-order valence-electron chi connectivity index (χ2n) is 8.31. The van der Waals surface area contributed by atoms with Crippen LogP contribution in [-0.4, -0.2) is 47.2 Å². The van der Waals surface area contributed by atoms with Gasteiger partial charge in [0.1, 0.15) is 0 Å². The molecule has 0 aliphatic carbocycles. The highest BCUT2D eigenvalue weighted by Gasteiger charge is 2.21. The van der Waals surface area contributed by atoms with Crippen molar-refractivity contribution in [1.29, 1.82) is 0 Å². The van der Waals surface area contributed by atoms with E-state index in [1.54, 1.807) is 6.07 Å². The van der Waals surface area contributed by atoms with Gasteiger partial charge in [0.05, 0.1) is 7.11 Å². The van der Waals surface area contributed by atoms with Crippen LogP contribution in [-0.2, 0) is 17.8 Å². The van der Waals surface area contributed by atoms with Crippen molar-refractivity contribution in [3.63, 3.8) is 0 Å². The van der Waals surface area contributed by atoms with Crippen molar-refractivity contribution in [3.05, 3.63) is 65.8 Å². The number of rotatable bonds is 9. The van der Waals surface area contributed by atoms with Crippen LogP contribution in [0.25, 0.3) is 11.5 Å². The maximum Gasteiger partial charge on any atom is 0.247 e. The van der Waals surface area contributed by atoms with E-state index in [1.165, 1.54) is 13.2 Å². The molecular formula is C25H29FN4O3. The number of methoxy groups -OCH3 is 1. The van der Waals surface area contributed by atoms with Crippen LogP contribution in [0.4, 0.5) is 4.39 Å². The van der Waals surface area contributed by atoms with Crippen LogP contribution >= 0.6 is 0 Å². The predicted octanol–water partition coefficient (Wildman–Crippen LogP) is 3.99. The molecule has 4 rings (SSSR count). The van der Waals surface area contributed by atoms with E-state index in [-0.39, 0.29) is 23.5 Å². The first-order chi connectivity index (χ1) is 16.1. The van der Waals surface area contributed by atoms with Gasteiger partial charge in [-0.15, -0.1) is 10.2 Å². The van der Waals surface area contributed by atoms with E-state index in [4.69, 9.17) is 9.15 Å². The Bertz CT molecular complexity index is 1050. The first-order valence-corrected chi connectivity index (χ1v) is 11.3. The Kier molecular flexibility index (Phi) is 7.67. The van der Waals surface area contributed by atoms with Gasteiger partial charge in [-0.3, -0.25) is 9.69 Å². The molecule has 0 saturated carbocycles. The van der Waals surface area contributed by atoms with Crippen LogP contribution in [0.15, 0.2) is 52.9 Å². The third kappa shape index (κ3) is 6.38. The molecule has 33 heavy (non-hydrogen) atoms. The number of likely N-dealkylation sites (tertiary alicyclic amines) is 1. The Hall–Kier alpha value is -3.26. The van der Waals surface area contributed by atoms with Gasteiger partial charge >= 0.3 is 0 Å². The maximum absolute atomic E-state index is 13.9. The van der Waals surface area contributed by atoms with Crippen LogP contribution in [0.5, 0.6) is 5.75 Å². The fourth-order valence-electron chi connectivity index (χ4n) is 4.05. The first-order valence-electron chi connectivity index (χ1n) is 11.3. The number of piperidine rings is 1. The van der Waals surface area contributed by atoms with Crippen LogP contribution in [0.3, 0.4) is 0 Å². The number of carbonyl (C=O) groups excluding carboxylic acids is 1. The Morgan fingerprint density at radius 1 is 1.18 bits per heavy atom. The number of aryl methyl sites for hydroxylation is 1. The number of benzene rings is 2. The minimum atomic E-state index is -0.339. The van der Waals surface area contributed by atoms with Gasteiger partial charge in [0, 0.05) is 44.1 Å². The molecule has 1 aliphatic heterocycles. The van der Waals surface area contributed by atoms with Crippen LogP contribution < -0.4 is 10.1 Å². The van der Waals surface area contributed by atoms with Crippen LogP contribution in [0.1, 0.15) is 37.1 Å². The van der Waals surface area contributed by atoms with Gasteiger partial charge < -0.3 is 14.5 Å². The number of carbonyl (C=O) groups is 1. The standard InChI is InChI=1S/C25H29FN4O3/c1-32-22-11-10-18(16-21(22)26)17-30-14-12-20(13-15-30)27-23(31)8-5-9-24-28-29-25(33-24)19-6-3-2-4-7-19/h2-4,6-7,10-11,16,20H,5,8-9,12-15,17H2,1H3,(H,27,31). The minimum absolute atomic E-state index is 0.0495.